The molecule has 1 heterocycles. The molecular weight excluding hydrogens is 316 g/mol. The summed E-state index contributed by atoms with van der Waals surface area (Å²) in [4.78, 5) is 13.9. The van der Waals surface area contributed by atoms with E-state index in [4.69, 9.17) is 9.47 Å². The highest BCUT2D eigenvalue weighted by molar-refractivity contribution is 5.78. The van der Waals surface area contributed by atoms with Crippen LogP contribution < -0.4 is 4.74 Å². The van der Waals surface area contributed by atoms with Crippen molar-refractivity contribution >= 4 is 5.91 Å². The highest BCUT2D eigenvalue weighted by atomic mass is 19.1. The van der Waals surface area contributed by atoms with Crippen LogP contribution in [0.5, 0.6) is 5.75 Å². The molecule has 0 saturated carbocycles. The molecule has 1 saturated heterocycles. The second kappa shape index (κ2) is 7.40. The highest BCUT2D eigenvalue weighted by Gasteiger charge is 2.27. The molecule has 1 aliphatic heterocycles. The minimum absolute atomic E-state index is 0.157. The smallest absolute Gasteiger partial charge is 0.260 e. The summed E-state index contributed by atoms with van der Waals surface area (Å²) in [5, 5.41) is 0. The number of morpholine rings is 1. The Morgan fingerprint density at radius 3 is 2.67 bits per heavy atom. The van der Waals surface area contributed by atoms with Crippen molar-refractivity contribution in [2.24, 2.45) is 0 Å². The second-order valence-corrected chi connectivity index (χ2v) is 5.46. The molecular formula is C18H17F2NO3. The van der Waals surface area contributed by atoms with Gasteiger partial charge in [0.2, 0.25) is 0 Å². The van der Waals surface area contributed by atoms with Crippen molar-refractivity contribution in [1.82, 2.24) is 4.90 Å². The Labute approximate surface area is 138 Å². The number of carbonyl (C=O) groups excluding carboxylic acids is 1. The van der Waals surface area contributed by atoms with E-state index in [1.54, 1.807) is 23.1 Å². The van der Waals surface area contributed by atoms with Gasteiger partial charge in [-0.15, -0.1) is 0 Å². The molecule has 2 aromatic rings. The first-order chi connectivity index (χ1) is 11.6. The van der Waals surface area contributed by atoms with Crippen LogP contribution in [-0.2, 0) is 9.53 Å². The first-order valence-electron chi connectivity index (χ1n) is 7.65. The fourth-order valence-electron chi connectivity index (χ4n) is 2.57. The van der Waals surface area contributed by atoms with Crippen LogP contribution in [-0.4, -0.2) is 37.1 Å². The standard InChI is InChI=1S/C18H17F2NO3/c19-13-5-7-14(8-6-13)24-12-18(22)21-9-10-23-17(11-21)15-3-1-2-4-16(15)20/h1-8,17H,9-12H2. The van der Waals surface area contributed by atoms with E-state index in [2.05, 4.69) is 0 Å². The minimum atomic E-state index is -0.491. The Kier molecular flexibility index (Phi) is 5.05. The molecule has 0 N–H and O–H groups in total. The number of hydrogen-bond acceptors (Lipinski definition) is 3. The third kappa shape index (κ3) is 3.89. The van der Waals surface area contributed by atoms with Gasteiger partial charge in [0.1, 0.15) is 23.5 Å². The lowest BCUT2D eigenvalue weighted by molar-refractivity contribution is -0.141. The summed E-state index contributed by atoms with van der Waals surface area (Å²) in [6, 6.07) is 11.8. The fraction of sp³-hybridized carbons (Fsp3) is 0.278. The summed E-state index contributed by atoms with van der Waals surface area (Å²) in [6.45, 7) is 0.875. The summed E-state index contributed by atoms with van der Waals surface area (Å²) >= 11 is 0. The van der Waals surface area contributed by atoms with Crippen molar-refractivity contribution in [3.63, 3.8) is 0 Å². The molecule has 1 unspecified atom stereocenters. The molecule has 1 atom stereocenters. The van der Waals surface area contributed by atoms with Crippen LogP contribution in [0.25, 0.3) is 0 Å². The topological polar surface area (TPSA) is 38.8 Å². The number of ether oxygens (including phenoxy) is 2. The average molecular weight is 333 g/mol. The first-order valence-corrected chi connectivity index (χ1v) is 7.65. The first kappa shape index (κ1) is 16.4. The van der Waals surface area contributed by atoms with Crippen molar-refractivity contribution in [1.29, 1.82) is 0 Å². The molecule has 0 radical (unpaired) electrons. The maximum absolute atomic E-state index is 13.9. The second-order valence-electron chi connectivity index (χ2n) is 5.46. The summed E-state index contributed by atoms with van der Waals surface area (Å²) in [6.07, 6.45) is -0.491. The zero-order valence-electron chi connectivity index (χ0n) is 13.0. The molecule has 1 aliphatic rings. The van der Waals surface area contributed by atoms with Gasteiger partial charge in [-0.3, -0.25) is 4.79 Å². The Hall–Kier alpha value is -2.47. The van der Waals surface area contributed by atoms with E-state index < -0.39 is 6.10 Å². The SMILES string of the molecule is O=C(COc1ccc(F)cc1)N1CCOC(c2ccccc2F)C1. The van der Waals surface area contributed by atoms with E-state index in [0.29, 0.717) is 24.5 Å². The summed E-state index contributed by atoms with van der Waals surface area (Å²) < 4.78 is 37.7. The van der Waals surface area contributed by atoms with Crippen LogP contribution in [0.4, 0.5) is 8.78 Å². The number of benzene rings is 2. The third-order valence-electron chi connectivity index (χ3n) is 3.85. The Morgan fingerprint density at radius 1 is 1.17 bits per heavy atom. The zero-order chi connectivity index (χ0) is 16.9. The van der Waals surface area contributed by atoms with Crippen LogP contribution in [0.3, 0.4) is 0 Å². The number of rotatable bonds is 4. The molecule has 4 nitrogen and oxygen atoms in total. The van der Waals surface area contributed by atoms with Gasteiger partial charge in [0.05, 0.1) is 13.2 Å². The van der Waals surface area contributed by atoms with Crippen LogP contribution >= 0.6 is 0 Å². The van der Waals surface area contributed by atoms with Gasteiger partial charge in [-0.25, -0.2) is 8.78 Å². The van der Waals surface area contributed by atoms with Gasteiger partial charge in [0.15, 0.2) is 6.61 Å². The van der Waals surface area contributed by atoms with Gasteiger partial charge in [0, 0.05) is 12.1 Å². The molecule has 24 heavy (non-hydrogen) atoms. The van der Waals surface area contributed by atoms with E-state index in [-0.39, 0.29) is 30.7 Å². The average Bonchev–Trinajstić information content (AvgIpc) is 2.61. The number of nitrogens with zero attached hydrogens (tertiary/aromatic N) is 1. The molecule has 1 amide bonds. The monoisotopic (exact) mass is 333 g/mol. The predicted molar refractivity (Wildman–Crippen MR) is 83.6 cm³/mol. The zero-order valence-corrected chi connectivity index (χ0v) is 13.0. The van der Waals surface area contributed by atoms with Crippen molar-refractivity contribution in [2.45, 2.75) is 6.10 Å². The Balaban J connectivity index is 1.59. The van der Waals surface area contributed by atoms with Gasteiger partial charge in [-0.1, -0.05) is 18.2 Å². The molecule has 0 bridgehead atoms. The van der Waals surface area contributed by atoms with Crippen LogP contribution in [0.1, 0.15) is 11.7 Å². The number of hydrogen-bond donors (Lipinski definition) is 0. The van der Waals surface area contributed by atoms with Gasteiger partial charge in [-0.05, 0) is 30.3 Å². The maximum atomic E-state index is 13.9. The van der Waals surface area contributed by atoms with Gasteiger partial charge < -0.3 is 14.4 Å². The molecule has 0 aliphatic carbocycles. The molecule has 126 valence electrons. The lowest BCUT2D eigenvalue weighted by Gasteiger charge is -2.33. The molecule has 6 heteroatoms. The number of carbonyl (C=O) groups is 1. The largest absolute Gasteiger partial charge is 0.484 e. The van der Waals surface area contributed by atoms with Crippen molar-refractivity contribution in [3.8, 4) is 5.75 Å². The summed E-state index contributed by atoms with van der Waals surface area (Å²) in [5.41, 5.74) is 0.439. The Morgan fingerprint density at radius 2 is 1.92 bits per heavy atom. The maximum Gasteiger partial charge on any atom is 0.260 e. The van der Waals surface area contributed by atoms with Gasteiger partial charge in [-0.2, -0.15) is 0 Å². The third-order valence-corrected chi connectivity index (χ3v) is 3.85. The van der Waals surface area contributed by atoms with E-state index in [9.17, 15) is 13.6 Å². The van der Waals surface area contributed by atoms with Crippen LogP contribution in [0.2, 0.25) is 0 Å². The molecule has 1 fully saturated rings. The molecule has 3 rings (SSSR count). The van der Waals surface area contributed by atoms with Gasteiger partial charge in [0.25, 0.3) is 5.91 Å². The molecule has 0 spiro atoms. The highest BCUT2D eigenvalue weighted by Crippen LogP contribution is 2.24. The lowest BCUT2D eigenvalue weighted by Crippen LogP contribution is -2.44. The number of amides is 1. The number of halogens is 2. The minimum Gasteiger partial charge on any atom is -0.484 e. The van der Waals surface area contributed by atoms with E-state index >= 15 is 0 Å². The molecule has 0 aromatic heterocycles. The Bertz CT molecular complexity index is 706. The normalized spacial score (nSPS) is 17.6. The van der Waals surface area contributed by atoms with Crippen LogP contribution in [0, 0.1) is 11.6 Å². The van der Waals surface area contributed by atoms with Crippen LogP contribution in [0.15, 0.2) is 48.5 Å². The van der Waals surface area contributed by atoms with E-state index in [1.165, 1.54) is 30.3 Å². The quantitative estimate of drug-likeness (QED) is 0.863. The lowest BCUT2D eigenvalue weighted by atomic mass is 10.1. The van der Waals surface area contributed by atoms with Crippen molar-refractivity contribution in [3.05, 3.63) is 65.7 Å². The van der Waals surface area contributed by atoms with Crippen molar-refractivity contribution in [2.75, 3.05) is 26.3 Å². The predicted octanol–water partition coefficient (Wildman–Crippen LogP) is 2.94. The van der Waals surface area contributed by atoms with E-state index in [0.717, 1.165) is 0 Å². The summed E-state index contributed by atoms with van der Waals surface area (Å²) in [7, 11) is 0. The van der Waals surface area contributed by atoms with Crippen molar-refractivity contribution < 1.29 is 23.0 Å². The summed E-state index contributed by atoms with van der Waals surface area (Å²) in [5.74, 6) is -0.512. The fourth-order valence-corrected chi connectivity index (χ4v) is 2.57. The molecule has 2 aromatic carbocycles. The van der Waals surface area contributed by atoms with E-state index in [1.807, 2.05) is 0 Å². The van der Waals surface area contributed by atoms with Gasteiger partial charge >= 0.3 is 0 Å².